The van der Waals surface area contributed by atoms with Crippen LogP contribution in [0.2, 0.25) is 0 Å². The predicted octanol–water partition coefficient (Wildman–Crippen LogP) is 3.86. The number of hydrogen-bond donors (Lipinski definition) is 1. The Morgan fingerprint density at radius 2 is 1.75 bits per heavy atom. The molecule has 0 aromatic heterocycles. The molecule has 0 atom stereocenters. The Morgan fingerprint density at radius 3 is 2.45 bits per heavy atom. The van der Waals surface area contributed by atoms with Gasteiger partial charge in [0.1, 0.15) is 11.5 Å². The monoisotopic (exact) mass is 269 g/mol. The van der Waals surface area contributed by atoms with Gasteiger partial charge in [-0.15, -0.1) is 0 Å². The summed E-state index contributed by atoms with van der Waals surface area (Å²) in [5.41, 5.74) is 0.610. The first-order valence-corrected chi connectivity index (χ1v) is 6.76. The van der Waals surface area contributed by atoms with Crippen LogP contribution < -0.4 is 10.1 Å². The van der Waals surface area contributed by atoms with Crippen LogP contribution in [0.5, 0.6) is 11.5 Å². The van der Waals surface area contributed by atoms with Crippen molar-refractivity contribution in [3.05, 3.63) is 60.2 Å². The van der Waals surface area contributed by atoms with Gasteiger partial charge in [-0.1, -0.05) is 38.1 Å². The van der Waals surface area contributed by atoms with Crippen molar-refractivity contribution in [3.63, 3.8) is 0 Å². The lowest BCUT2D eigenvalue weighted by molar-refractivity contribution is 0.0948. The van der Waals surface area contributed by atoms with Crippen molar-refractivity contribution < 1.29 is 9.53 Å². The fourth-order valence-electron chi connectivity index (χ4n) is 1.72. The molecule has 0 saturated heterocycles. The van der Waals surface area contributed by atoms with Gasteiger partial charge in [0.05, 0.1) is 0 Å². The molecule has 0 aliphatic rings. The molecule has 0 radical (unpaired) electrons. The Morgan fingerprint density at radius 1 is 1.05 bits per heavy atom. The van der Waals surface area contributed by atoms with Gasteiger partial charge >= 0.3 is 0 Å². The number of hydrogen-bond acceptors (Lipinski definition) is 2. The van der Waals surface area contributed by atoms with Crippen molar-refractivity contribution >= 4 is 5.91 Å². The maximum absolute atomic E-state index is 12.0. The van der Waals surface area contributed by atoms with E-state index in [1.165, 1.54) is 0 Å². The lowest BCUT2D eigenvalue weighted by atomic mass is 10.2. The van der Waals surface area contributed by atoms with Crippen LogP contribution in [0.3, 0.4) is 0 Å². The fraction of sp³-hybridized carbons (Fsp3) is 0.235. The van der Waals surface area contributed by atoms with E-state index in [1.807, 2.05) is 42.5 Å². The third-order valence-electron chi connectivity index (χ3n) is 2.75. The zero-order valence-electron chi connectivity index (χ0n) is 11.8. The van der Waals surface area contributed by atoms with E-state index < -0.39 is 0 Å². The SMILES string of the molecule is CC(C)CNC(=O)c1cccc(Oc2ccccc2)c1. The number of nitrogens with one attached hydrogen (secondary N) is 1. The minimum Gasteiger partial charge on any atom is -0.457 e. The molecular weight excluding hydrogens is 250 g/mol. The molecule has 20 heavy (non-hydrogen) atoms. The van der Waals surface area contributed by atoms with Gasteiger partial charge in [-0.2, -0.15) is 0 Å². The summed E-state index contributed by atoms with van der Waals surface area (Å²) in [5, 5.41) is 2.89. The molecule has 3 heteroatoms. The summed E-state index contributed by atoms with van der Waals surface area (Å²) in [6.07, 6.45) is 0. The molecule has 2 aromatic carbocycles. The lowest BCUT2D eigenvalue weighted by Gasteiger charge is -2.09. The molecular formula is C17H19NO2. The van der Waals surface area contributed by atoms with E-state index in [9.17, 15) is 4.79 Å². The van der Waals surface area contributed by atoms with Gasteiger partial charge in [-0.05, 0) is 36.2 Å². The van der Waals surface area contributed by atoms with Crippen molar-refractivity contribution in [3.8, 4) is 11.5 Å². The van der Waals surface area contributed by atoms with Crippen molar-refractivity contribution in [2.45, 2.75) is 13.8 Å². The average molecular weight is 269 g/mol. The van der Waals surface area contributed by atoms with Crippen LogP contribution in [0.4, 0.5) is 0 Å². The lowest BCUT2D eigenvalue weighted by Crippen LogP contribution is -2.27. The topological polar surface area (TPSA) is 38.3 Å². The third-order valence-corrected chi connectivity index (χ3v) is 2.75. The van der Waals surface area contributed by atoms with Crippen LogP contribution in [0.25, 0.3) is 0 Å². The van der Waals surface area contributed by atoms with Gasteiger partial charge < -0.3 is 10.1 Å². The number of rotatable bonds is 5. The van der Waals surface area contributed by atoms with Crippen LogP contribution in [-0.4, -0.2) is 12.5 Å². The van der Waals surface area contributed by atoms with Crippen molar-refractivity contribution in [2.75, 3.05) is 6.54 Å². The summed E-state index contributed by atoms with van der Waals surface area (Å²) in [4.78, 5) is 12.0. The van der Waals surface area contributed by atoms with Gasteiger partial charge in [-0.3, -0.25) is 4.79 Å². The fourth-order valence-corrected chi connectivity index (χ4v) is 1.72. The van der Waals surface area contributed by atoms with E-state index in [-0.39, 0.29) is 5.91 Å². The van der Waals surface area contributed by atoms with Crippen LogP contribution in [0, 0.1) is 5.92 Å². The minimum atomic E-state index is -0.0720. The van der Waals surface area contributed by atoms with E-state index in [0.29, 0.717) is 23.8 Å². The molecule has 0 spiro atoms. The largest absolute Gasteiger partial charge is 0.457 e. The second-order valence-corrected chi connectivity index (χ2v) is 5.05. The van der Waals surface area contributed by atoms with E-state index in [1.54, 1.807) is 12.1 Å². The second-order valence-electron chi connectivity index (χ2n) is 5.05. The molecule has 2 rings (SSSR count). The Bertz CT molecular complexity index is 564. The van der Waals surface area contributed by atoms with E-state index >= 15 is 0 Å². The number of amides is 1. The second kappa shape index (κ2) is 6.75. The smallest absolute Gasteiger partial charge is 0.251 e. The number of carbonyl (C=O) groups is 1. The summed E-state index contributed by atoms with van der Waals surface area (Å²) in [6.45, 7) is 4.80. The highest BCUT2D eigenvalue weighted by Crippen LogP contribution is 2.21. The first-order valence-electron chi connectivity index (χ1n) is 6.76. The molecule has 0 saturated carbocycles. The Labute approximate surface area is 119 Å². The minimum absolute atomic E-state index is 0.0720. The van der Waals surface area contributed by atoms with Gasteiger partial charge in [0.25, 0.3) is 5.91 Å². The van der Waals surface area contributed by atoms with Crippen LogP contribution >= 0.6 is 0 Å². The molecule has 0 fully saturated rings. The summed E-state index contributed by atoms with van der Waals surface area (Å²) in [6, 6.07) is 16.7. The maximum Gasteiger partial charge on any atom is 0.251 e. The number of carbonyl (C=O) groups excluding carboxylic acids is 1. The first kappa shape index (κ1) is 14.1. The Balaban J connectivity index is 2.06. The predicted molar refractivity (Wildman–Crippen MR) is 80.1 cm³/mol. The summed E-state index contributed by atoms with van der Waals surface area (Å²) in [5.74, 6) is 1.78. The summed E-state index contributed by atoms with van der Waals surface area (Å²) >= 11 is 0. The van der Waals surface area contributed by atoms with E-state index in [2.05, 4.69) is 19.2 Å². The van der Waals surface area contributed by atoms with Crippen molar-refractivity contribution in [1.29, 1.82) is 0 Å². The van der Waals surface area contributed by atoms with E-state index in [0.717, 1.165) is 5.75 Å². The normalized spacial score (nSPS) is 10.3. The van der Waals surface area contributed by atoms with Gasteiger partial charge in [0.2, 0.25) is 0 Å². The molecule has 2 aromatic rings. The molecule has 0 aliphatic heterocycles. The molecule has 104 valence electrons. The summed E-state index contributed by atoms with van der Waals surface area (Å²) < 4.78 is 5.71. The number of ether oxygens (including phenoxy) is 1. The van der Waals surface area contributed by atoms with Crippen LogP contribution in [0.15, 0.2) is 54.6 Å². The zero-order chi connectivity index (χ0) is 14.4. The molecule has 0 aliphatic carbocycles. The zero-order valence-corrected chi connectivity index (χ0v) is 11.8. The van der Waals surface area contributed by atoms with Crippen molar-refractivity contribution in [1.82, 2.24) is 5.32 Å². The molecule has 3 nitrogen and oxygen atoms in total. The van der Waals surface area contributed by atoms with Crippen molar-refractivity contribution in [2.24, 2.45) is 5.92 Å². The molecule has 0 bridgehead atoms. The van der Waals surface area contributed by atoms with Crippen LogP contribution in [0.1, 0.15) is 24.2 Å². The first-order chi connectivity index (χ1) is 9.65. The maximum atomic E-state index is 12.0. The van der Waals surface area contributed by atoms with Gasteiger partial charge in [0.15, 0.2) is 0 Å². The van der Waals surface area contributed by atoms with Crippen LogP contribution in [-0.2, 0) is 0 Å². The summed E-state index contributed by atoms with van der Waals surface area (Å²) in [7, 11) is 0. The number of para-hydroxylation sites is 1. The highest BCUT2D eigenvalue weighted by atomic mass is 16.5. The molecule has 1 amide bonds. The highest BCUT2D eigenvalue weighted by molar-refractivity contribution is 5.94. The highest BCUT2D eigenvalue weighted by Gasteiger charge is 2.07. The van der Waals surface area contributed by atoms with Gasteiger partial charge in [-0.25, -0.2) is 0 Å². The van der Waals surface area contributed by atoms with Gasteiger partial charge in [0, 0.05) is 12.1 Å². The quantitative estimate of drug-likeness (QED) is 0.895. The molecule has 0 heterocycles. The number of benzene rings is 2. The Hall–Kier alpha value is -2.29. The van der Waals surface area contributed by atoms with E-state index in [4.69, 9.17) is 4.74 Å². The third kappa shape index (κ3) is 4.12. The Kier molecular flexibility index (Phi) is 4.77. The molecule has 1 N–H and O–H groups in total. The standard InChI is InChI=1S/C17H19NO2/c1-13(2)12-18-17(19)14-7-6-10-16(11-14)20-15-8-4-3-5-9-15/h3-11,13H,12H2,1-2H3,(H,18,19). The average Bonchev–Trinajstić information content (AvgIpc) is 2.46. The molecule has 0 unspecified atom stereocenters.